The normalized spacial score (nSPS) is 13.1. The van der Waals surface area contributed by atoms with Gasteiger partial charge in [-0.1, -0.05) is 212 Å². The Morgan fingerprint density at radius 2 is 0.580 bits per heavy atom. The molecular weight excluding hydrogens is 853 g/mol. The van der Waals surface area contributed by atoms with Crippen molar-refractivity contribution < 1.29 is 28.6 Å². The van der Waals surface area contributed by atoms with Gasteiger partial charge in [0.25, 0.3) is 0 Å². The second-order valence-corrected chi connectivity index (χ2v) is 17.7. The molecule has 0 fully saturated rings. The van der Waals surface area contributed by atoms with Gasteiger partial charge in [0, 0.05) is 19.3 Å². The average Bonchev–Trinajstić information content (AvgIpc) is 3.35. The number of rotatable bonds is 48. The Morgan fingerprint density at radius 3 is 0.928 bits per heavy atom. The first-order chi connectivity index (χ1) is 34.0. The number of esters is 3. The summed E-state index contributed by atoms with van der Waals surface area (Å²) in [5, 5.41) is 0. The minimum atomic E-state index is -0.833. The second kappa shape index (κ2) is 56.1. The molecule has 69 heavy (non-hydrogen) atoms. The van der Waals surface area contributed by atoms with Crippen LogP contribution in [0.5, 0.6) is 0 Å². The molecule has 0 aromatic carbocycles. The Labute approximate surface area is 424 Å². The molecule has 0 aromatic heterocycles. The van der Waals surface area contributed by atoms with Gasteiger partial charge in [-0.05, 0) is 128 Å². The van der Waals surface area contributed by atoms with Crippen molar-refractivity contribution in [1.29, 1.82) is 0 Å². The molecule has 1 atom stereocenters. The molecule has 0 aliphatic rings. The first-order valence-corrected chi connectivity index (χ1v) is 27.7. The van der Waals surface area contributed by atoms with Gasteiger partial charge in [-0.3, -0.25) is 14.4 Å². The third-order valence-electron chi connectivity index (χ3n) is 11.1. The van der Waals surface area contributed by atoms with Crippen molar-refractivity contribution in [3.63, 3.8) is 0 Å². The van der Waals surface area contributed by atoms with Gasteiger partial charge in [0.15, 0.2) is 6.10 Å². The summed E-state index contributed by atoms with van der Waals surface area (Å²) in [7, 11) is 0. The monoisotopic (exact) mass is 953 g/mol. The van der Waals surface area contributed by atoms with E-state index < -0.39 is 6.10 Å². The highest BCUT2D eigenvalue weighted by molar-refractivity contribution is 5.71. The fourth-order valence-electron chi connectivity index (χ4n) is 6.97. The molecule has 0 N–H and O–H groups in total. The van der Waals surface area contributed by atoms with Crippen LogP contribution in [-0.2, 0) is 28.6 Å². The molecule has 0 rings (SSSR count). The standard InChI is InChI=1S/C63H100O6/c1-4-7-10-13-16-19-22-25-28-31-34-37-40-43-46-49-52-55-61(64)67-58-60(69-63(66)57-54-51-48-45-42-39-36-33-30-27-24-21-18-15-12-9-6-3)59-68-62(65)56-53-50-47-44-41-38-35-32-29-26-23-20-17-14-11-8-5-2/h7,10,16-21,25-30,34-35,37-38,43-44,46-47,60H,4-6,8-9,11-15,22-24,31-33,36,39-42,45,48-59H2,1-3H3/b10-7-,19-16-,20-17-,21-18-,28-25-,29-26-,30-27-,37-34-,38-35-,46-43-,47-44-/t60-/m1/s1. The smallest absolute Gasteiger partial charge is 0.306 e. The molecule has 0 radical (unpaired) electrons. The molecule has 0 bridgehead atoms. The molecule has 0 heterocycles. The highest BCUT2D eigenvalue weighted by atomic mass is 16.6. The number of hydrogen-bond acceptors (Lipinski definition) is 6. The van der Waals surface area contributed by atoms with Crippen LogP contribution < -0.4 is 0 Å². The van der Waals surface area contributed by atoms with Crippen molar-refractivity contribution in [3.8, 4) is 0 Å². The molecule has 0 aliphatic carbocycles. The molecule has 0 unspecified atom stereocenters. The number of carbonyl (C=O) groups excluding carboxylic acids is 3. The zero-order chi connectivity index (χ0) is 50.0. The summed E-state index contributed by atoms with van der Waals surface area (Å²) >= 11 is 0. The lowest BCUT2D eigenvalue weighted by atomic mass is 10.1. The maximum atomic E-state index is 12.8. The number of ether oxygens (including phenoxy) is 3. The topological polar surface area (TPSA) is 78.9 Å². The largest absolute Gasteiger partial charge is 0.462 e. The molecule has 0 saturated heterocycles. The number of hydrogen-bond donors (Lipinski definition) is 0. The van der Waals surface area contributed by atoms with Crippen LogP contribution in [0.15, 0.2) is 134 Å². The van der Waals surface area contributed by atoms with Crippen molar-refractivity contribution in [1.82, 2.24) is 0 Å². The van der Waals surface area contributed by atoms with Crippen LogP contribution in [-0.4, -0.2) is 37.2 Å². The minimum absolute atomic E-state index is 0.132. The molecule has 0 aromatic rings. The maximum Gasteiger partial charge on any atom is 0.306 e. The highest BCUT2D eigenvalue weighted by Crippen LogP contribution is 2.13. The van der Waals surface area contributed by atoms with Crippen LogP contribution in [0.2, 0.25) is 0 Å². The van der Waals surface area contributed by atoms with Gasteiger partial charge in [0.1, 0.15) is 13.2 Å². The fourth-order valence-corrected chi connectivity index (χ4v) is 6.97. The van der Waals surface area contributed by atoms with E-state index >= 15 is 0 Å². The molecular formula is C63H100O6. The van der Waals surface area contributed by atoms with Crippen LogP contribution >= 0.6 is 0 Å². The van der Waals surface area contributed by atoms with Crippen LogP contribution in [0.1, 0.15) is 226 Å². The lowest BCUT2D eigenvalue weighted by molar-refractivity contribution is -0.167. The molecule has 6 nitrogen and oxygen atoms in total. The van der Waals surface area contributed by atoms with Crippen molar-refractivity contribution in [2.45, 2.75) is 232 Å². The lowest BCUT2D eigenvalue weighted by Gasteiger charge is -2.18. The van der Waals surface area contributed by atoms with Crippen molar-refractivity contribution >= 4 is 17.9 Å². The van der Waals surface area contributed by atoms with E-state index in [2.05, 4.69) is 154 Å². The highest BCUT2D eigenvalue weighted by Gasteiger charge is 2.19. The van der Waals surface area contributed by atoms with Crippen LogP contribution in [0, 0.1) is 0 Å². The molecule has 0 amide bonds. The molecule has 0 aliphatic heterocycles. The van der Waals surface area contributed by atoms with E-state index in [1.807, 2.05) is 0 Å². The Hall–Kier alpha value is -4.45. The van der Waals surface area contributed by atoms with E-state index in [0.29, 0.717) is 19.3 Å². The lowest BCUT2D eigenvalue weighted by Crippen LogP contribution is -2.30. The van der Waals surface area contributed by atoms with E-state index in [0.717, 1.165) is 103 Å². The van der Waals surface area contributed by atoms with Crippen molar-refractivity contribution in [3.05, 3.63) is 134 Å². The van der Waals surface area contributed by atoms with Gasteiger partial charge in [0.2, 0.25) is 0 Å². The predicted molar refractivity (Wildman–Crippen MR) is 297 cm³/mol. The van der Waals surface area contributed by atoms with Gasteiger partial charge in [-0.2, -0.15) is 0 Å². The summed E-state index contributed by atoms with van der Waals surface area (Å²) < 4.78 is 16.7. The Kier molecular flexibility index (Phi) is 52.5. The van der Waals surface area contributed by atoms with Gasteiger partial charge in [-0.25, -0.2) is 0 Å². The zero-order valence-electron chi connectivity index (χ0n) is 44.3. The quantitative estimate of drug-likeness (QED) is 0.0262. The molecule has 0 saturated carbocycles. The van der Waals surface area contributed by atoms with Gasteiger partial charge < -0.3 is 14.2 Å². The van der Waals surface area contributed by atoms with Crippen LogP contribution in [0.25, 0.3) is 0 Å². The molecule has 0 spiro atoms. The predicted octanol–water partition coefficient (Wildman–Crippen LogP) is 18.6. The summed E-state index contributed by atoms with van der Waals surface area (Å²) in [5.74, 6) is -1.06. The Bertz CT molecular complexity index is 1510. The Balaban J connectivity index is 4.60. The van der Waals surface area contributed by atoms with Crippen molar-refractivity contribution in [2.75, 3.05) is 13.2 Å². The fraction of sp³-hybridized carbons (Fsp3) is 0.603. The first kappa shape index (κ1) is 64.5. The van der Waals surface area contributed by atoms with Crippen LogP contribution in [0.4, 0.5) is 0 Å². The number of allylic oxidation sites excluding steroid dienone is 22. The van der Waals surface area contributed by atoms with E-state index in [1.54, 1.807) is 0 Å². The summed E-state index contributed by atoms with van der Waals surface area (Å²) in [6.07, 6.45) is 78.7. The molecule has 388 valence electrons. The van der Waals surface area contributed by atoms with E-state index in [1.165, 1.54) is 70.6 Å². The number of carbonyl (C=O) groups is 3. The molecule has 6 heteroatoms. The summed E-state index contributed by atoms with van der Waals surface area (Å²) in [4.78, 5) is 38.1. The third-order valence-corrected chi connectivity index (χ3v) is 11.1. The number of unbranched alkanes of at least 4 members (excludes halogenated alkanes) is 15. The van der Waals surface area contributed by atoms with Crippen LogP contribution in [0.3, 0.4) is 0 Å². The summed E-state index contributed by atoms with van der Waals surface area (Å²) in [6.45, 7) is 6.35. The second-order valence-electron chi connectivity index (χ2n) is 17.7. The van der Waals surface area contributed by atoms with Gasteiger partial charge in [0.05, 0.1) is 0 Å². The summed E-state index contributed by atoms with van der Waals surface area (Å²) in [6, 6.07) is 0. The van der Waals surface area contributed by atoms with E-state index in [-0.39, 0.29) is 44.0 Å². The van der Waals surface area contributed by atoms with Crippen molar-refractivity contribution in [2.24, 2.45) is 0 Å². The summed E-state index contributed by atoms with van der Waals surface area (Å²) in [5.41, 5.74) is 0. The third kappa shape index (κ3) is 54.4. The van der Waals surface area contributed by atoms with E-state index in [4.69, 9.17) is 14.2 Å². The zero-order valence-corrected chi connectivity index (χ0v) is 44.3. The first-order valence-electron chi connectivity index (χ1n) is 27.7. The maximum absolute atomic E-state index is 12.8. The van der Waals surface area contributed by atoms with Gasteiger partial charge >= 0.3 is 17.9 Å². The minimum Gasteiger partial charge on any atom is -0.462 e. The SMILES string of the molecule is CC/C=C\C/C=C\C/C=C\C/C=C\C/C=C\CCCC(=O)OC[C@H](COC(=O)CCC/C=C\C/C=C\C/C=C\C/C=C\CCCCC)OC(=O)CCCCCCCCC/C=C\C/C=C\CCCCC. The Morgan fingerprint density at radius 1 is 0.304 bits per heavy atom. The average molecular weight is 953 g/mol. The van der Waals surface area contributed by atoms with E-state index in [9.17, 15) is 14.4 Å². The van der Waals surface area contributed by atoms with Gasteiger partial charge in [-0.15, -0.1) is 0 Å².